The Hall–Kier alpha value is -0.810. The molecule has 6 heteroatoms. The molecule has 1 heterocycles. The van der Waals surface area contributed by atoms with Crippen molar-refractivity contribution in [2.75, 3.05) is 26.2 Å². The monoisotopic (exact) mass is 329 g/mol. The van der Waals surface area contributed by atoms with E-state index in [2.05, 4.69) is 22.5 Å². The molecule has 0 aliphatic carbocycles. The second kappa shape index (κ2) is 7.45. The number of piperazine rings is 1. The van der Waals surface area contributed by atoms with Gasteiger partial charge in [-0.3, -0.25) is 9.69 Å². The van der Waals surface area contributed by atoms with Gasteiger partial charge >= 0.3 is 0 Å². The Bertz CT molecular complexity index is 510. The van der Waals surface area contributed by atoms with Gasteiger partial charge in [0.1, 0.15) is 6.04 Å². The third kappa shape index (κ3) is 3.89. The number of rotatable bonds is 4. The lowest BCUT2D eigenvalue weighted by Gasteiger charge is -2.39. The standard InChI is InChI=1S/C15H21Cl2N3O/c1-3-19-15(21)14-9-18-6-7-20(14)10(2)11-4-5-12(16)13(17)8-11/h4-5,8,10,14,18H,3,6-7,9H2,1-2H3,(H,19,21). The van der Waals surface area contributed by atoms with Crippen LogP contribution >= 0.6 is 23.2 Å². The first-order valence-electron chi connectivity index (χ1n) is 7.23. The minimum atomic E-state index is -0.164. The highest BCUT2D eigenvalue weighted by Gasteiger charge is 2.32. The van der Waals surface area contributed by atoms with E-state index in [0.717, 1.165) is 18.7 Å². The van der Waals surface area contributed by atoms with Gasteiger partial charge in [0.05, 0.1) is 10.0 Å². The summed E-state index contributed by atoms with van der Waals surface area (Å²) < 4.78 is 0. The van der Waals surface area contributed by atoms with E-state index in [0.29, 0.717) is 23.1 Å². The van der Waals surface area contributed by atoms with Gasteiger partial charge in [0.25, 0.3) is 0 Å². The smallest absolute Gasteiger partial charge is 0.238 e. The first-order valence-corrected chi connectivity index (χ1v) is 7.99. The molecule has 1 aromatic rings. The van der Waals surface area contributed by atoms with Gasteiger partial charge in [0.15, 0.2) is 0 Å². The fourth-order valence-corrected chi connectivity index (χ4v) is 2.99. The van der Waals surface area contributed by atoms with Gasteiger partial charge in [-0.15, -0.1) is 0 Å². The third-order valence-corrected chi connectivity index (χ3v) is 4.60. The number of nitrogens with zero attached hydrogens (tertiary/aromatic N) is 1. The first kappa shape index (κ1) is 16.6. The van der Waals surface area contributed by atoms with Crippen molar-refractivity contribution in [1.29, 1.82) is 0 Å². The Labute approximate surface area is 135 Å². The summed E-state index contributed by atoms with van der Waals surface area (Å²) in [6.07, 6.45) is 0. The third-order valence-electron chi connectivity index (χ3n) is 3.86. The number of hydrogen-bond acceptors (Lipinski definition) is 3. The largest absolute Gasteiger partial charge is 0.355 e. The zero-order valence-corrected chi connectivity index (χ0v) is 13.8. The normalized spacial score (nSPS) is 21.0. The van der Waals surface area contributed by atoms with Gasteiger partial charge < -0.3 is 10.6 Å². The fourth-order valence-electron chi connectivity index (χ4n) is 2.68. The fraction of sp³-hybridized carbons (Fsp3) is 0.533. The van der Waals surface area contributed by atoms with Gasteiger partial charge in [-0.2, -0.15) is 0 Å². The molecule has 2 unspecified atom stereocenters. The first-order chi connectivity index (χ1) is 10.0. The summed E-state index contributed by atoms with van der Waals surface area (Å²) in [6, 6.07) is 5.60. The van der Waals surface area contributed by atoms with Gasteiger partial charge in [-0.05, 0) is 31.5 Å². The maximum atomic E-state index is 12.2. The number of nitrogens with one attached hydrogen (secondary N) is 2. The molecule has 21 heavy (non-hydrogen) atoms. The maximum absolute atomic E-state index is 12.2. The molecule has 2 N–H and O–H groups in total. The van der Waals surface area contributed by atoms with E-state index in [4.69, 9.17) is 23.2 Å². The number of amides is 1. The summed E-state index contributed by atoms with van der Waals surface area (Å²) in [7, 11) is 0. The van der Waals surface area contributed by atoms with Crippen LogP contribution in [-0.2, 0) is 4.79 Å². The van der Waals surface area contributed by atoms with Crippen LogP contribution in [0.4, 0.5) is 0 Å². The van der Waals surface area contributed by atoms with Crippen LogP contribution in [0.2, 0.25) is 10.0 Å². The molecule has 1 aromatic carbocycles. The van der Waals surface area contributed by atoms with Crippen LogP contribution in [0.3, 0.4) is 0 Å². The molecule has 2 rings (SSSR count). The van der Waals surface area contributed by atoms with Gasteiger partial charge in [-0.25, -0.2) is 0 Å². The van der Waals surface area contributed by atoms with Crippen molar-refractivity contribution in [3.05, 3.63) is 33.8 Å². The molecule has 1 amide bonds. The number of hydrogen-bond donors (Lipinski definition) is 2. The average molecular weight is 330 g/mol. The molecule has 116 valence electrons. The van der Waals surface area contributed by atoms with Crippen LogP contribution in [-0.4, -0.2) is 43.0 Å². The van der Waals surface area contributed by atoms with Gasteiger partial charge in [0.2, 0.25) is 5.91 Å². The minimum Gasteiger partial charge on any atom is -0.355 e. The average Bonchev–Trinajstić information content (AvgIpc) is 2.49. The van der Waals surface area contributed by atoms with Crippen LogP contribution in [0, 0.1) is 0 Å². The van der Waals surface area contributed by atoms with Crippen LogP contribution < -0.4 is 10.6 Å². The van der Waals surface area contributed by atoms with Gasteiger partial charge in [-0.1, -0.05) is 29.3 Å². The number of benzene rings is 1. The molecule has 1 aliphatic rings. The molecule has 0 radical (unpaired) electrons. The second-order valence-electron chi connectivity index (χ2n) is 5.20. The van der Waals surface area contributed by atoms with Crippen molar-refractivity contribution in [2.24, 2.45) is 0 Å². The van der Waals surface area contributed by atoms with Crippen molar-refractivity contribution >= 4 is 29.1 Å². The van der Waals surface area contributed by atoms with Crippen LogP contribution in [0.1, 0.15) is 25.5 Å². The molecule has 1 fully saturated rings. The molecule has 1 aliphatic heterocycles. The molecule has 4 nitrogen and oxygen atoms in total. The van der Waals surface area contributed by atoms with E-state index in [1.807, 2.05) is 19.1 Å². The highest BCUT2D eigenvalue weighted by Crippen LogP contribution is 2.29. The number of carbonyl (C=O) groups is 1. The van der Waals surface area contributed by atoms with E-state index in [1.165, 1.54) is 0 Å². The molecular formula is C15H21Cl2N3O. The Morgan fingerprint density at radius 2 is 2.24 bits per heavy atom. The highest BCUT2D eigenvalue weighted by molar-refractivity contribution is 6.42. The Morgan fingerprint density at radius 3 is 2.90 bits per heavy atom. The second-order valence-corrected chi connectivity index (χ2v) is 6.02. The molecular weight excluding hydrogens is 309 g/mol. The van der Waals surface area contributed by atoms with Crippen LogP contribution in [0.25, 0.3) is 0 Å². The Morgan fingerprint density at radius 1 is 1.48 bits per heavy atom. The van der Waals surface area contributed by atoms with Crippen LogP contribution in [0.15, 0.2) is 18.2 Å². The molecule has 0 saturated carbocycles. The quantitative estimate of drug-likeness (QED) is 0.891. The Kier molecular flexibility index (Phi) is 5.88. The lowest BCUT2D eigenvalue weighted by atomic mass is 10.0. The zero-order valence-electron chi connectivity index (χ0n) is 12.3. The van der Waals surface area contributed by atoms with E-state index in [9.17, 15) is 4.79 Å². The molecule has 2 atom stereocenters. The van der Waals surface area contributed by atoms with Crippen molar-refractivity contribution in [2.45, 2.75) is 25.9 Å². The minimum absolute atomic E-state index is 0.0663. The summed E-state index contributed by atoms with van der Waals surface area (Å²) in [5.74, 6) is 0.0663. The van der Waals surface area contributed by atoms with E-state index >= 15 is 0 Å². The number of halogens is 2. The number of carbonyl (C=O) groups excluding carboxylic acids is 1. The molecule has 1 saturated heterocycles. The summed E-state index contributed by atoms with van der Waals surface area (Å²) >= 11 is 12.1. The number of likely N-dealkylation sites (N-methyl/N-ethyl adjacent to an activating group) is 1. The zero-order chi connectivity index (χ0) is 15.4. The van der Waals surface area contributed by atoms with Crippen LogP contribution in [0.5, 0.6) is 0 Å². The van der Waals surface area contributed by atoms with Gasteiger partial charge in [0, 0.05) is 32.2 Å². The summed E-state index contributed by atoms with van der Waals surface area (Å²) in [5, 5.41) is 7.28. The van der Waals surface area contributed by atoms with Crippen molar-refractivity contribution in [3.8, 4) is 0 Å². The summed E-state index contributed by atoms with van der Waals surface area (Å²) in [4.78, 5) is 14.4. The lowest BCUT2D eigenvalue weighted by Crippen LogP contribution is -2.58. The lowest BCUT2D eigenvalue weighted by molar-refractivity contribution is -0.128. The molecule has 0 spiro atoms. The topological polar surface area (TPSA) is 44.4 Å². The summed E-state index contributed by atoms with van der Waals surface area (Å²) in [6.45, 7) is 7.03. The molecule has 0 bridgehead atoms. The van der Waals surface area contributed by atoms with Crippen molar-refractivity contribution in [1.82, 2.24) is 15.5 Å². The predicted molar refractivity (Wildman–Crippen MR) is 86.9 cm³/mol. The van der Waals surface area contributed by atoms with E-state index in [-0.39, 0.29) is 18.0 Å². The highest BCUT2D eigenvalue weighted by atomic mass is 35.5. The maximum Gasteiger partial charge on any atom is 0.238 e. The van der Waals surface area contributed by atoms with E-state index < -0.39 is 0 Å². The summed E-state index contributed by atoms with van der Waals surface area (Å²) in [5.41, 5.74) is 1.07. The molecule has 0 aromatic heterocycles. The van der Waals surface area contributed by atoms with Crippen molar-refractivity contribution in [3.63, 3.8) is 0 Å². The SMILES string of the molecule is CCNC(=O)C1CNCCN1C(C)c1ccc(Cl)c(Cl)c1. The predicted octanol–water partition coefficient (Wildman–Crippen LogP) is 2.46. The van der Waals surface area contributed by atoms with E-state index in [1.54, 1.807) is 6.07 Å². The Balaban J connectivity index is 2.19. The van der Waals surface area contributed by atoms with Crippen molar-refractivity contribution < 1.29 is 4.79 Å².